The Kier molecular flexibility index (Phi) is 8.74. The van der Waals surface area contributed by atoms with Gasteiger partial charge >= 0.3 is 0 Å². The zero-order valence-corrected chi connectivity index (χ0v) is 25.6. The molecular formula is C37H30FN5O4. The van der Waals surface area contributed by atoms with Crippen LogP contribution in [0.4, 0.5) is 15.9 Å². The number of nitrogens with zero attached hydrogens (tertiary/aromatic N) is 3. The molecule has 9 nitrogen and oxygen atoms in total. The fourth-order valence-electron chi connectivity index (χ4n) is 5.21. The Morgan fingerprint density at radius 2 is 1.51 bits per heavy atom. The molecule has 3 N–H and O–H groups in total. The number of nitrogen functional groups attached to an aromatic ring is 1. The number of rotatable bonds is 9. The number of amides is 1. The molecular weight excluding hydrogens is 597 g/mol. The van der Waals surface area contributed by atoms with E-state index in [-0.39, 0.29) is 11.1 Å². The predicted octanol–water partition coefficient (Wildman–Crippen LogP) is 6.68. The first kappa shape index (κ1) is 30.7. The Bertz CT molecular complexity index is 2120. The highest BCUT2D eigenvalue weighted by Gasteiger charge is 2.18. The number of nitrogens with two attached hydrogens (primary N) is 1. The number of methoxy groups -OCH3 is 2. The molecule has 1 amide bonds. The van der Waals surface area contributed by atoms with E-state index >= 15 is 0 Å². The zero-order valence-electron chi connectivity index (χ0n) is 25.6. The SMILES string of the molecule is COc1ccc(-c2cnc(N)c(-c3ccc(NC(=O)c4cn(Cc5ccccn5)cc(-c5ccc(F)cc5)c4=O)cc3)c2)cc1OC. The van der Waals surface area contributed by atoms with Gasteiger partial charge in [0.25, 0.3) is 5.91 Å². The van der Waals surface area contributed by atoms with Crippen LogP contribution in [0, 0.1) is 5.82 Å². The summed E-state index contributed by atoms with van der Waals surface area (Å²) in [4.78, 5) is 35.9. The maximum absolute atomic E-state index is 13.7. The first-order valence-electron chi connectivity index (χ1n) is 14.6. The van der Waals surface area contributed by atoms with Crippen molar-refractivity contribution in [2.75, 3.05) is 25.3 Å². The molecule has 0 saturated heterocycles. The van der Waals surface area contributed by atoms with E-state index in [1.165, 1.54) is 30.5 Å². The quantitative estimate of drug-likeness (QED) is 0.183. The van der Waals surface area contributed by atoms with E-state index in [0.717, 1.165) is 22.4 Å². The lowest BCUT2D eigenvalue weighted by Gasteiger charge is -2.13. The van der Waals surface area contributed by atoms with E-state index in [1.54, 1.807) is 49.5 Å². The number of pyridine rings is 3. The van der Waals surface area contributed by atoms with Crippen molar-refractivity contribution >= 4 is 17.4 Å². The lowest BCUT2D eigenvalue weighted by Crippen LogP contribution is -2.25. The molecule has 0 fully saturated rings. The second kappa shape index (κ2) is 13.4. The van der Waals surface area contributed by atoms with Gasteiger partial charge in [0.2, 0.25) is 5.43 Å². The first-order valence-corrected chi connectivity index (χ1v) is 14.6. The Morgan fingerprint density at radius 1 is 0.809 bits per heavy atom. The number of hydrogen-bond acceptors (Lipinski definition) is 7. The molecule has 0 spiro atoms. The normalized spacial score (nSPS) is 10.8. The van der Waals surface area contributed by atoms with Crippen molar-refractivity contribution in [3.05, 3.63) is 143 Å². The van der Waals surface area contributed by atoms with Crippen LogP contribution < -0.4 is 26.0 Å². The van der Waals surface area contributed by atoms with Gasteiger partial charge in [0, 0.05) is 47.2 Å². The number of carbonyl (C=O) groups excluding carboxylic acids is 1. The topological polar surface area (TPSA) is 121 Å². The lowest BCUT2D eigenvalue weighted by atomic mass is 10.0. The number of anilines is 2. The highest BCUT2D eigenvalue weighted by atomic mass is 19.1. The van der Waals surface area contributed by atoms with Gasteiger partial charge in [0.05, 0.1) is 26.5 Å². The van der Waals surface area contributed by atoms with E-state index < -0.39 is 17.2 Å². The molecule has 0 aliphatic rings. The van der Waals surface area contributed by atoms with Gasteiger partial charge < -0.3 is 25.1 Å². The Balaban J connectivity index is 1.28. The van der Waals surface area contributed by atoms with Crippen molar-refractivity contribution in [1.29, 1.82) is 0 Å². The van der Waals surface area contributed by atoms with Crippen molar-refractivity contribution in [3.8, 4) is 44.9 Å². The average molecular weight is 628 g/mol. The molecule has 47 heavy (non-hydrogen) atoms. The van der Waals surface area contributed by atoms with Crippen molar-refractivity contribution in [2.24, 2.45) is 0 Å². The van der Waals surface area contributed by atoms with E-state index in [1.807, 2.05) is 54.6 Å². The summed E-state index contributed by atoms with van der Waals surface area (Å²) >= 11 is 0. The molecule has 234 valence electrons. The smallest absolute Gasteiger partial charge is 0.261 e. The summed E-state index contributed by atoms with van der Waals surface area (Å²) in [5, 5.41) is 2.83. The zero-order chi connectivity index (χ0) is 32.9. The monoisotopic (exact) mass is 627 g/mol. The van der Waals surface area contributed by atoms with Gasteiger partial charge in [0.1, 0.15) is 17.2 Å². The van der Waals surface area contributed by atoms with E-state index in [4.69, 9.17) is 15.2 Å². The molecule has 3 aromatic heterocycles. The van der Waals surface area contributed by atoms with Crippen LogP contribution in [0.5, 0.6) is 11.5 Å². The van der Waals surface area contributed by atoms with Crippen molar-refractivity contribution < 1.29 is 18.7 Å². The number of benzene rings is 3. The van der Waals surface area contributed by atoms with Gasteiger partial charge in [-0.05, 0) is 71.3 Å². The minimum absolute atomic E-state index is 0.0668. The summed E-state index contributed by atoms with van der Waals surface area (Å²) in [6, 6.07) is 25.7. The van der Waals surface area contributed by atoms with Gasteiger partial charge in [-0.3, -0.25) is 14.6 Å². The summed E-state index contributed by atoms with van der Waals surface area (Å²) in [7, 11) is 3.16. The molecule has 6 rings (SSSR count). The highest BCUT2D eigenvalue weighted by molar-refractivity contribution is 6.04. The summed E-state index contributed by atoms with van der Waals surface area (Å²) in [6.45, 7) is 0.322. The third-order valence-corrected chi connectivity index (χ3v) is 7.64. The van der Waals surface area contributed by atoms with Crippen LogP contribution in [-0.4, -0.2) is 34.7 Å². The largest absolute Gasteiger partial charge is 0.493 e. The third-order valence-electron chi connectivity index (χ3n) is 7.64. The molecule has 0 atom stereocenters. The molecule has 3 aromatic carbocycles. The van der Waals surface area contributed by atoms with Gasteiger partial charge in [-0.1, -0.05) is 36.4 Å². The first-order chi connectivity index (χ1) is 22.8. The molecule has 0 unspecified atom stereocenters. The van der Waals surface area contributed by atoms with Crippen molar-refractivity contribution in [1.82, 2.24) is 14.5 Å². The molecule has 0 aliphatic heterocycles. The predicted molar refractivity (Wildman–Crippen MR) is 180 cm³/mol. The number of carbonyl (C=O) groups is 1. The average Bonchev–Trinajstić information content (AvgIpc) is 3.10. The number of nitrogens with one attached hydrogen (secondary N) is 1. The van der Waals surface area contributed by atoms with Gasteiger partial charge in [-0.25, -0.2) is 9.37 Å². The van der Waals surface area contributed by atoms with E-state index in [9.17, 15) is 14.0 Å². The molecule has 6 aromatic rings. The van der Waals surface area contributed by atoms with Gasteiger partial charge in [0.15, 0.2) is 11.5 Å². The van der Waals surface area contributed by atoms with E-state index in [2.05, 4.69) is 15.3 Å². The second-order valence-corrected chi connectivity index (χ2v) is 10.7. The molecule has 0 radical (unpaired) electrons. The van der Waals surface area contributed by atoms with Crippen molar-refractivity contribution in [2.45, 2.75) is 6.54 Å². The Hall–Kier alpha value is -6.29. The second-order valence-electron chi connectivity index (χ2n) is 10.7. The minimum atomic E-state index is -0.585. The van der Waals surface area contributed by atoms with Crippen LogP contribution in [-0.2, 0) is 6.54 Å². The fourth-order valence-corrected chi connectivity index (χ4v) is 5.21. The Morgan fingerprint density at radius 3 is 2.21 bits per heavy atom. The van der Waals surface area contributed by atoms with Crippen LogP contribution in [0.3, 0.4) is 0 Å². The lowest BCUT2D eigenvalue weighted by molar-refractivity contribution is 0.102. The standard InChI is InChI=1S/C37H30FN5O4/c1-46-33-15-10-25(18-34(33)47-2)26-17-30(36(39)41-19-26)23-8-13-28(14-9-23)42-37(45)32-22-43(20-29-5-3-4-16-40-29)21-31(35(32)44)24-6-11-27(38)12-7-24/h3-19,21-22H,20H2,1-2H3,(H2,39,41)(H,42,45). The van der Waals surface area contributed by atoms with Crippen LogP contribution in [0.25, 0.3) is 33.4 Å². The Labute approximate surface area is 270 Å². The van der Waals surface area contributed by atoms with Crippen LogP contribution >= 0.6 is 0 Å². The molecule has 10 heteroatoms. The van der Waals surface area contributed by atoms with Gasteiger partial charge in [-0.15, -0.1) is 0 Å². The summed E-state index contributed by atoms with van der Waals surface area (Å²) in [5.41, 5.74) is 10.9. The summed E-state index contributed by atoms with van der Waals surface area (Å²) in [6.07, 6.45) is 6.51. The van der Waals surface area contributed by atoms with Crippen LogP contribution in [0.15, 0.2) is 121 Å². The molecule has 0 saturated carbocycles. The van der Waals surface area contributed by atoms with Gasteiger partial charge in [-0.2, -0.15) is 0 Å². The maximum atomic E-state index is 13.7. The molecule has 0 bridgehead atoms. The fraction of sp³-hybridized carbons (Fsp3) is 0.0811. The minimum Gasteiger partial charge on any atom is -0.493 e. The summed E-state index contributed by atoms with van der Waals surface area (Å²) < 4.78 is 26.2. The number of halogens is 1. The number of hydrogen-bond donors (Lipinski definition) is 2. The summed E-state index contributed by atoms with van der Waals surface area (Å²) in [5.74, 6) is 0.544. The molecule has 3 heterocycles. The van der Waals surface area contributed by atoms with Crippen LogP contribution in [0.2, 0.25) is 0 Å². The van der Waals surface area contributed by atoms with Crippen LogP contribution in [0.1, 0.15) is 16.1 Å². The number of ether oxygens (including phenoxy) is 2. The van der Waals surface area contributed by atoms with Crippen molar-refractivity contribution in [3.63, 3.8) is 0 Å². The number of aromatic nitrogens is 3. The maximum Gasteiger partial charge on any atom is 0.261 e. The third kappa shape index (κ3) is 6.71. The van der Waals surface area contributed by atoms with E-state index in [0.29, 0.717) is 40.7 Å². The molecule has 0 aliphatic carbocycles. The highest BCUT2D eigenvalue weighted by Crippen LogP contribution is 2.35.